The molecule has 12 heavy (non-hydrogen) atoms. The van der Waals surface area contributed by atoms with Crippen molar-refractivity contribution in [2.24, 2.45) is 0 Å². The molecule has 0 saturated carbocycles. The van der Waals surface area contributed by atoms with E-state index in [0.717, 1.165) is 11.1 Å². The van der Waals surface area contributed by atoms with E-state index in [1.54, 1.807) is 12.1 Å². The van der Waals surface area contributed by atoms with Crippen molar-refractivity contribution in [1.82, 2.24) is 0 Å². The van der Waals surface area contributed by atoms with E-state index in [-0.39, 0.29) is 5.82 Å². The summed E-state index contributed by atoms with van der Waals surface area (Å²) in [5.41, 5.74) is 2.22. The van der Waals surface area contributed by atoms with Crippen molar-refractivity contribution in [2.75, 3.05) is 6.61 Å². The van der Waals surface area contributed by atoms with Crippen LogP contribution in [0.5, 0.6) is 0 Å². The van der Waals surface area contributed by atoms with Gasteiger partial charge in [-0.15, -0.1) is 0 Å². The first-order valence-corrected chi connectivity index (χ1v) is 4.13. The summed E-state index contributed by atoms with van der Waals surface area (Å²) in [6, 6.07) is 4.91. The topological polar surface area (TPSA) is 9.23 Å². The van der Waals surface area contributed by atoms with Crippen molar-refractivity contribution in [2.45, 2.75) is 19.4 Å². The third-order valence-corrected chi connectivity index (χ3v) is 2.26. The summed E-state index contributed by atoms with van der Waals surface area (Å²) >= 11 is 0. The molecule has 0 aliphatic carbocycles. The summed E-state index contributed by atoms with van der Waals surface area (Å²) in [5, 5.41) is 0. The average Bonchev–Trinajstić information content (AvgIpc) is 2.07. The van der Waals surface area contributed by atoms with Gasteiger partial charge in [-0.1, -0.05) is 13.0 Å². The summed E-state index contributed by atoms with van der Waals surface area (Å²) in [5.74, 6) is 0.173. The molecule has 0 aromatic heterocycles. The molecule has 0 N–H and O–H groups in total. The van der Waals surface area contributed by atoms with Crippen LogP contribution < -0.4 is 0 Å². The van der Waals surface area contributed by atoms with Gasteiger partial charge in [0, 0.05) is 5.92 Å². The Kier molecular flexibility index (Phi) is 1.85. The van der Waals surface area contributed by atoms with Crippen LogP contribution in [0.2, 0.25) is 0 Å². The van der Waals surface area contributed by atoms with Gasteiger partial charge in [-0.05, 0) is 23.3 Å². The van der Waals surface area contributed by atoms with E-state index in [1.807, 2.05) is 0 Å². The Morgan fingerprint density at radius 1 is 1.50 bits per heavy atom. The van der Waals surface area contributed by atoms with Crippen molar-refractivity contribution in [3.05, 3.63) is 35.1 Å². The summed E-state index contributed by atoms with van der Waals surface area (Å²) in [7, 11) is 0. The van der Waals surface area contributed by atoms with Gasteiger partial charge < -0.3 is 4.74 Å². The fourth-order valence-electron chi connectivity index (χ4n) is 1.59. The van der Waals surface area contributed by atoms with Crippen molar-refractivity contribution in [3.8, 4) is 0 Å². The lowest BCUT2D eigenvalue weighted by Gasteiger charge is -2.22. The molecule has 1 heterocycles. The van der Waals surface area contributed by atoms with Gasteiger partial charge >= 0.3 is 0 Å². The molecule has 64 valence electrons. The highest BCUT2D eigenvalue weighted by Gasteiger charge is 2.16. The van der Waals surface area contributed by atoms with Crippen LogP contribution in [-0.4, -0.2) is 6.61 Å². The zero-order valence-corrected chi connectivity index (χ0v) is 7.01. The van der Waals surface area contributed by atoms with Crippen LogP contribution in [0.3, 0.4) is 0 Å². The quantitative estimate of drug-likeness (QED) is 0.575. The summed E-state index contributed by atoms with van der Waals surface area (Å²) < 4.78 is 18.2. The monoisotopic (exact) mass is 166 g/mol. The molecule has 0 bridgehead atoms. The second-order valence-corrected chi connectivity index (χ2v) is 3.26. The van der Waals surface area contributed by atoms with E-state index in [0.29, 0.717) is 19.1 Å². The Balaban J connectivity index is 2.47. The molecular weight excluding hydrogens is 155 g/mol. The maximum atomic E-state index is 12.8. The SMILES string of the molecule is CC1COCc2ccc(F)cc21. The number of halogens is 1. The lowest BCUT2D eigenvalue weighted by atomic mass is 9.95. The Hall–Kier alpha value is -0.890. The van der Waals surface area contributed by atoms with Crippen LogP contribution in [0.1, 0.15) is 24.0 Å². The zero-order valence-electron chi connectivity index (χ0n) is 7.01. The van der Waals surface area contributed by atoms with Crippen molar-refractivity contribution in [1.29, 1.82) is 0 Å². The predicted molar refractivity (Wildman–Crippen MR) is 44.5 cm³/mol. The van der Waals surface area contributed by atoms with E-state index < -0.39 is 0 Å². The minimum absolute atomic E-state index is 0.150. The van der Waals surface area contributed by atoms with E-state index in [2.05, 4.69) is 6.92 Å². The largest absolute Gasteiger partial charge is 0.376 e. The first-order valence-electron chi connectivity index (χ1n) is 4.13. The number of hydrogen-bond acceptors (Lipinski definition) is 1. The van der Waals surface area contributed by atoms with E-state index in [1.165, 1.54) is 6.07 Å². The standard InChI is InChI=1S/C10H11FO/c1-7-5-12-6-8-2-3-9(11)4-10(7)8/h2-4,7H,5-6H2,1H3. The summed E-state index contributed by atoms with van der Waals surface area (Å²) in [6.07, 6.45) is 0. The molecule has 2 rings (SSSR count). The molecule has 1 aliphatic heterocycles. The number of benzene rings is 1. The molecule has 1 aromatic carbocycles. The van der Waals surface area contributed by atoms with Gasteiger partial charge in [-0.3, -0.25) is 0 Å². The van der Waals surface area contributed by atoms with Gasteiger partial charge in [0.2, 0.25) is 0 Å². The molecular formula is C10H11FO. The third kappa shape index (κ3) is 1.23. The highest BCUT2D eigenvalue weighted by Crippen LogP contribution is 2.26. The number of ether oxygens (including phenoxy) is 1. The molecule has 0 fully saturated rings. The van der Waals surface area contributed by atoms with E-state index in [9.17, 15) is 4.39 Å². The van der Waals surface area contributed by atoms with Crippen LogP contribution in [0.15, 0.2) is 18.2 Å². The van der Waals surface area contributed by atoms with Gasteiger partial charge in [0.05, 0.1) is 13.2 Å². The van der Waals surface area contributed by atoms with Gasteiger partial charge in [0.15, 0.2) is 0 Å². The minimum Gasteiger partial charge on any atom is -0.376 e. The van der Waals surface area contributed by atoms with E-state index in [4.69, 9.17) is 4.74 Å². The second-order valence-electron chi connectivity index (χ2n) is 3.26. The number of fused-ring (bicyclic) bond motifs is 1. The molecule has 1 aromatic rings. The molecule has 2 heteroatoms. The van der Waals surface area contributed by atoms with Gasteiger partial charge in [-0.25, -0.2) is 4.39 Å². The molecule has 0 spiro atoms. The molecule has 1 unspecified atom stereocenters. The fourth-order valence-corrected chi connectivity index (χ4v) is 1.59. The fraction of sp³-hybridized carbons (Fsp3) is 0.400. The zero-order chi connectivity index (χ0) is 8.55. The van der Waals surface area contributed by atoms with Crippen molar-refractivity contribution >= 4 is 0 Å². The Morgan fingerprint density at radius 3 is 3.17 bits per heavy atom. The van der Waals surface area contributed by atoms with Crippen molar-refractivity contribution < 1.29 is 9.13 Å². The third-order valence-electron chi connectivity index (χ3n) is 2.26. The molecule has 0 radical (unpaired) electrons. The molecule has 0 saturated heterocycles. The number of hydrogen-bond donors (Lipinski definition) is 0. The molecule has 1 atom stereocenters. The summed E-state index contributed by atoms with van der Waals surface area (Å²) in [4.78, 5) is 0. The first-order chi connectivity index (χ1) is 5.77. The predicted octanol–water partition coefficient (Wildman–Crippen LogP) is 2.46. The lowest BCUT2D eigenvalue weighted by Crippen LogP contribution is -2.14. The van der Waals surface area contributed by atoms with Crippen LogP contribution in [0.25, 0.3) is 0 Å². The molecule has 1 nitrogen and oxygen atoms in total. The Bertz CT molecular complexity index is 296. The average molecular weight is 166 g/mol. The highest BCUT2D eigenvalue weighted by atomic mass is 19.1. The highest BCUT2D eigenvalue weighted by molar-refractivity contribution is 5.31. The van der Waals surface area contributed by atoms with Crippen LogP contribution in [0.4, 0.5) is 4.39 Å². The van der Waals surface area contributed by atoms with Crippen LogP contribution in [0, 0.1) is 5.82 Å². The normalized spacial score (nSPS) is 22.0. The van der Waals surface area contributed by atoms with Gasteiger partial charge in [-0.2, -0.15) is 0 Å². The maximum Gasteiger partial charge on any atom is 0.123 e. The Morgan fingerprint density at radius 2 is 2.33 bits per heavy atom. The van der Waals surface area contributed by atoms with Crippen LogP contribution >= 0.6 is 0 Å². The minimum atomic E-state index is -0.150. The maximum absolute atomic E-state index is 12.8. The van der Waals surface area contributed by atoms with E-state index >= 15 is 0 Å². The van der Waals surface area contributed by atoms with Gasteiger partial charge in [0.1, 0.15) is 5.82 Å². The second kappa shape index (κ2) is 2.87. The lowest BCUT2D eigenvalue weighted by molar-refractivity contribution is 0.0949. The van der Waals surface area contributed by atoms with Gasteiger partial charge in [0.25, 0.3) is 0 Å². The Labute approximate surface area is 71.2 Å². The molecule has 1 aliphatic rings. The number of rotatable bonds is 0. The summed E-state index contributed by atoms with van der Waals surface area (Å²) in [6.45, 7) is 3.38. The van der Waals surface area contributed by atoms with Crippen molar-refractivity contribution in [3.63, 3.8) is 0 Å². The van der Waals surface area contributed by atoms with Crippen LogP contribution in [-0.2, 0) is 11.3 Å². The molecule has 0 amide bonds. The smallest absolute Gasteiger partial charge is 0.123 e. The first kappa shape index (κ1) is 7.74.